The molecule has 57 heavy (non-hydrogen) atoms. The Morgan fingerprint density at radius 2 is 1.75 bits per heavy atom. The van der Waals surface area contributed by atoms with Gasteiger partial charge in [-0.25, -0.2) is 4.79 Å². The number of oxime groups is 1. The molecule has 6 atom stereocenters. The van der Waals surface area contributed by atoms with E-state index in [1.807, 2.05) is 39.0 Å². The standard InChI is InChI=1S/C44H59N3O10/c1-7-23-53-33-19-20-38-36(26-33)40-34(14-10-12-22-49)31(13-9-11-21-48)25-35-37(45-56-28-30-15-17-32(18-16-30)47(51)52)27-39(44(57-38,41(35)40)55-24-8-2)46(6)42(50)54-29-43(3,4)5/h7-8,15-20,25-26,31,34,39-41,48-49H,1-2,9-14,21-24,27-29H2,3-6H3/t31-,34+,39-,40+,41+,44+/m0/s1. The monoisotopic (exact) mass is 789 g/mol. The predicted molar refractivity (Wildman–Crippen MR) is 217 cm³/mol. The maximum atomic E-state index is 14.0. The molecule has 2 aliphatic carbocycles. The number of likely N-dealkylation sites (N-methyl/N-ethyl adjacent to an activating group) is 1. The molecule has 1 heterocycles. The fourth-order valence-electron chi connectivity index (χ4n) is 8.38. The molecule has 0 spiro atoms. The molecule has 310 valence electrons. The highest BCUT2D eigenvalue weighted by Crippen LogP contribution is 2.61. The van der Waals surface area contributed by atoms with Crippen molar-refractivity contribution in [3.63, 3.8) is 0 Å². The Balaban J connectivity index is 1.71. The normalized spacial score (nSPS) is 24.3. The van der Waals surface area contributed by atoms with Crippen LogP contribution in [0.25, 0.3) is 0 Å². The van der Waals surface area contributed by atoms with Crippen LogP contribution in [-0.2, 0) is 20.9 Å². The number of nitro benzene ring substituents is 1. The van der Waals surface area contributed by atoms with Crippen LogP contribution in [0.3, 0.4) is 0 Å². The van der Waals surface area contributed by atoms with Gasteiger partial charge >= 0.3 is 6.09 Å². The van der Waals surface area contributed by atoms with Gasteiger partial charge in [-0.1, -0.05) is 63.6 Å². The van der Waals surface area contributed by atoms with E-state index in [0.717, 1.165) is 36.8 Å². The number of ether oxygens (including phenoxy) is 4. The molecule has 1 saturated carbocycles. The summed E-state index contributed by atoms with van der Waals surface area (Å²) in [6.45, 7) is 14.6. The number of fused-ring (bicyclic) bond motifs is 2. The minimum absolute atomic E-state index is 0.0211. The lowest BCUT2D eigenvalue weighted by atomic mass is 9.55. The van der Waals surface area contributed by atoms with E-state index in [2.05, 4.69) is 19.2 Å². The first-order valence-corrected chi connectivity index (χ1v) is 19.9. The number of benzene rings is 2. The Labute approximate surface area is 336 Å². The fourth-order valence-corrected chi connectivity index (χ4v) is 8.38. The number of unbranched alkanes of at least 4 members (excludes halogenated alkanes) is 2. The predicted octanol–water partition coefficient (Wildman–Crippen LogP) is 8.11. The molecule has 13 heteroatoms. The van der Waals surface area contributed by atoms with Crippen molar-refractivity contribution < 1.29 is 43.7 Å². The first-order valence-electron chi connectivity index (χ1n) is 19.9. The number of hydrogen-bond donors (Lipinski definition) is 2. The number of aliphatic hydroxyl groups excluding tert-OH is 2. The van der Waals surface area contributed by atoms with E-state index in [1.54, 1.807) is 36.2 Å². The van der Waals surface area contributed by atoms with Crippen LogP contribution in [0.5, 0.6) is 11.5 Å². The first-order chi connectivity index (χ1) is 27.4. The molecule has 0 radical (unpaired) electrons. The lowest BCUT2D eigenvalue weighted by Crippen LogP contribution is -2.69. The van der Waals surface area contributed by atoms with Crippen LogP contribution >= 0.6 is 0 Å². The second-order valence-electron chi connectivity index (χ2n) is 16.3. The van der Waals surface area contributed by atoms with Gasteiger partial charge in [0.05, 0.1) is 29.8 Å². The highest BCUT2D eigenvalue weighted by atomic mass is 16.7. The van der Waals surface area contributed by atoms with Crippen LogP contribution in [0.15, 0.2) is 84.6 Å². The number of non-ortho nitro benzene ring substituents is 1. The third-order valence-corrected chi connectivity index (χ3v) is 10.9. The number of nitro groups is 1. The maximum absolute atomic E-state index is 14.0. The molecule has 1 fully saturated rings. The molecule has 13 nitrogen and oxygen atoms in total. The van der Waals surface area contributed by atoms with E-state index in [9.17, 15) is 25.1 Å². The van der Waals surface area contributed by atoms with Crippen molar-refractivity contribution in [1.82, 2.24) is 4.90 Å². The molecule has 2 aromatic rings. The summed E-state index contributed by atoms with van der Waals surface area (Å²) in [5.74, 6) is -0.749. The molecule has 1 amide bonds. The molecule has 3 aliphatic rings. The zero-order valence-electron chi connectivity index (χ0n) is 33.8. The number of carbonyl (C=O) groups is 1. The molecule has 0 saturated heterocycles. The third kappa shape index (κ3) is 10.2. The van der Waals surface area contributed by atoms with Gasteiger partial charge in [0, 0.05) is 50.3 Å². The summed E-state index contributed by atoms with van der Waals surface area (Å²) < 4.78 is 26.0. The highest BCUT2D eigenvalue weighted by molar-refractivity contribution is 6.02. The number of carbonyl (C=O) groups excluding carboxylic acids is 1. The maximum Gasteiger partial charge on any atom is 0.410 e. The molecule has 2 N–H and O–H groups in total. The van der Waals surface area contributed by atoms with Crippen LogP contribution < -0.4 is 9.47 Å². The Hall–Kier alpha value is -4.72. The number of aliphatic hydroxyl groups is 2. The van der Waals surface area contributed by atoms with Crippen molar-refractivity contribution in [2.24, 2.45) is 28.3 Å². The SMILES string of the molecule is C=CCOc1ccc2c(c1)[C@H]1[C@H](CCCCO)[C@@H](CCCCO)C=C3C(=NOCc4ccc([N+](=O)[O-])cc4)C[C@H](N(C)C(=O)OCC(C)(C)C)[C@@](OCC=C)(O2)[C@H]31. The molecular weight excluding hydrogens is 730 g/mol. The Morgan fingerprint density at radius 3 is 2.40 bits per heavy atom. The van der Waals surface area contributed by atoms with Gasteiger partial charge < -0.3 is 38.9 Å². The van der Waals surface area contributed by atoms with Gasteiger partial charge in [0.25, 0.3) is 5.69 Å². The molecule has 0 bridgehead atoms. The number of amides is 1. The zero-order valence-corrected chi connectivity index (χ0v) is 33.8. The summed E-state index contributed by atoms with van der Waals surface area (Å²) in [7, 11) is 1.69. The van der Waals surface area contributed by atoms with Crippen LogP contribution in [0, 0.1) is 33.3 Å². The summed E-state index contributed by atoms with van der Waals surface area (Å²) in [6, 6.07) is 11.2. The lowest BCUT2D eigenvalue weighted by molar-refractivity contribution is -0.384. The second-order valence-corrected chi connectivity index (χ2v) is 16.3. The summed E-state index contributed by atoms with van der Waals surface area (Å²) in [5.41, 5.74) is 2.85. The summed E-state index contributed by atoms with van der Waals surface area (Å²) in [5, 5.41) is 35.7. The smallest absolute Gasteiger partial charge is 0.410 e. The van der Waals surface area contributed by atoms with Gasteiger partial charge in [-0.15, -0.1) is 6.58 Å². The summed E-state index contributed by atoms with van der Waals surface area (Å²) >= 11 is 0. The average Bonchev–Trinajstić information content (AvgIpc) is 3.19. The van der Waals surface area contributed by atoms with E-state index in [-0.39, 0.29) is 68.3 Å². The van der Waals surface area contributed by atoms with E-state index >= 15 is 0 Å². The van der Waals surface area contributed by atoms with Crippen LogP contribution in [0.4, 0.5) is 10.5 Å². The molecule has 1 aliphatic heterocycles. The summed E-state index contributed by atoms with van der Waals surface area (Å²) in [4.78, 5) is 32.4. The largest absolute Gasteiger partial charge is 0.490 e. The van der Waals surface area contributed by atoms with Crippen LogP contribution in [0.1, 0.15) is 82.8 Å². The minimum atomic E-state index is -1.42. The number of rotatable bonds is 20. The minimum Gasteiger partial charge on any atom is -0.490 e. The van der Waals surface area contributed by atoms with Gasteiger partial charge in [-0.3, -0.25) is 10.1 Å². The van der Waals surface area contributed by atoms with Gasteiger partial charge in [0.2, 0.25) is 5.79 Å². The topological polar surface area (TPSA) is 162 Å². The third-order valence-electron chi connectivity index (χ3n) is 10.9. The van der Waals surface area contributed by atoms with E-state index in [1.165, 1.54) is 12.1 Å². The molecule has 0 unspecified atom stereocenters. The van der Waals surface area contributed by atoms with Gasteiger partial charge in [0.1, 0.15) is 30.8 Å². The van der Waals surface area contributed by atoms with E-state index < -0.39 is 28.8 Å². The molecule has 5 rings (SSSR count). The van der Waals surface area contributed by atoms with Gasteiger partial charge in [0.15, 0.2) is 0 Å². The average molecular weight is 790 g/mol. The number of hydrogen-bond acceptors (Lipinski definition) is 11. The van der Waals surface area contributed by atoms with Gasteiger partial charge in [-0.05, 0) is 84.4 Å². The van der Waals surface area contributed by atoms with Crippen molar-refractivity contribution in [2.75, 3.05) is 40.1 Å². The van der Waals surface area contributed by atoms with Crippen molar-refractivity contribution in [3.05, 3.63) is 101 Å². The fraction of sp³-hybridized carbons (Fsp3) is 0.545. The second kappa shape index (κ2) is 19.6. The van der Waals surface area contributed by atoms with Crippen LogP contribution in [-0.4, -0.2) is 83.8 Å². The first kappa shape index (κ1) is 43.4. The van der Waals surface area contributed by atoms with Gasteiger partial charge in [-0.2, -0.15) is 0 Å². The Bertz CT molecular complexity index is 1770. The Kier molecular flexibility index (Phi) is 14.9. The molecule has 2 aromatic carbocycles. The lowest BCUT2D eigenvalue weighted by Gasteiger charge is -2.59. The van der Waals surface area contributed by atoms with E-state index in [4.69, 9.17) is 28.9 Å². The number of nitrogens with zero attached hydrogens (tertiary/aromatic N) is 3. The zero-order chi connectivity index (χ0) is 41.2. The summed E-state index contributed by atoms with van der Waals surface area (Å²) in [6.07, 6.45) is 9.78. The van der Waals surface area contributed by atoms with Crippen molar-refractivity contribution in [2.45, 2.75) is 90.1 Å². The van der Waals surface area contributed by atoms with Crippen molar-refractivity contribution in [1.29, 1.82) is 0 Å². The Morgan fingerprint density at radius 1 is 1.05 bits per heavy atom. The highest BCUT2D eigenvalue weighted by Gasteiger charge is 2.65. The number of allylic oxidation sites excluding steroid dienone is 1. The quantitative estimate of drug-likeness (QED) is 0.0580. The molecular formula is C44H59N3O10. The van der Waals surface area contributed by atoms with E-state index in [0.29, 0.717) is 42.2 Å². The molecule has 0 aromatic heterocycles. The van der Waals surface area contributed by atoms with Crippen molar-refractivity contribution in [3.8, 4) is 11.5 Å². The van der Waals surface area contributed by atoms with Crippen LogP contribution in [0.2, 0.25) is 0 Å². The van der Waals surface area contributed by atoms with Crippen molar-refractivity contribution >= 4 is 17.5 Å².